The van der Waals surface area contributed by atoms with E-state index in [0.717, 1.165) is 110 Å². The van der Waals surface area contributed by atoms with Gasteiger partial charge in [-0.3, -0.25) is 14.4 Å². The van der Waals surface area contributed by atoms with Crippen molar-refractivity contribution in [2.75, 3.05) is 0 Å². The summed E-state index contributed by atoms with van der Waals surface area (Å²) in [5.41, 5.74) is 13.0. The first-order valence-electron chi connectivity index (χ1n) is 26.2. The van der Waals surface area contributed by atoms with Crippen molar-refractivity contribution >= 4 is 75.6 Å². The molecule has 14 heteroatoms. The Morgan fingerprint density at radius 1 is 0.247 bits per heavy atom. The van der Waals surface area contributed by atoms with E-state index in [1.807, 2.05) is 78.9 Å². The molecule has 14 nitrogen and oxygen atoms in total. The summed E-state index contributed by atoms with van der Waals surface area (Å²) in [6.07, 6.45) is 0. The standard InChI is InChI=1S/C44H26O8.C27H18O6/c45-23-51-31-13-9-27(10-14-31)39-21-37(25-1-5-29(6-2-25)43(47)48)33-17-18-34-38(26-3-7-30(8-4-26)44(49)50)22-40(28-11-15-32(16-12-28)52-24-46)36-20-19-35(39)41(33)42(34)36;28-16-33-25-11-9-19(10-12-25)24-14-22(17-1-5-20(6-2-17)26(29)30)13-23(15-24)18-3-7-21(8-4-18)27(31)32/h1-24H,(H,47,48)(H,49,50);1-16H,(H,29,30)(H,31,32). The molecule has 412 valence electrons. The molecule has 4 N–H and O–H groups in total. The van der Waals surface area contributed by atoms with Gasteiger partial charge in [-0.15, -0.1) is 0 Å². The van der Waals surface area contributed by atoms with Gasteiger partial charge in [0.05, 0.1) is 22.3 Å². The Hall–Kier alpha value is -12.0. The van der Waals surface area contributed by atoms with Crippen molar-refractivity contribution < 1.29 is 68.2 Å². The van der Waals surface area contributed by atoms with E-state index in [-0.39, 0.29) is 22.3 Å². The summed E-state index contributed by atoms with van der Waals surface area (Å²) in [6, 6.07) is 66.9. The molecule has 0 atom stereocenters. The van der Waals surface area contributed by atoms with Crippen molar-refractivity contribution in [3.05, 3.63) is 247 Å². The quantitative estimate of drug-likeness (QED) is 0.0491. The lowest BCUT2D eigenvalue weighted by molar-refractivity contribution is -0.121. The number of ether oxygens (including phenoxy) is 3. The smallest absolute Gasteiger partial charge is 0.335 e. The fourth-order valence-electron chi connectivity index (χ4n) is 10.6. The van der Waals surface area contributed by atoms with Gasteiger partial charge in [0.2, 0.25) is 0 Å². The average Bonchev–Trinajstić information content (AvgIpc) is 1.87. The van der Waals surface area contributed by atoms with Gasteiger partial charge in [0.1, 0.15) is 17.2 Å². The Morgan fingerprint density at radius 3 is 0.659 bits per heavy atom. The number of hydrogen-bond donors (Lipinski definition) is 4. The minimum Gasteiger partial charge on any atom is -0.478 e. The van der Waals surface area contributed by atoms with Gasteiger partial charge in [0.15, 0.2) is 0 Å². The third kappa shape index (κ3) is 11.3. The monoisotopic (exact) mass is 1120 g/mol. The van der Waals surface area contributed by atoms with E-state index in [1.54, 1.807) is 109 Å². The predicted molar refractivity (Wildman–Crippen MR) is 323 cm³/mol. The lowest BCUT2D eigenvalue weighted by Crippen LogP contribution is -1.97. The summed E-state index contributed by atoms with van der Waals surface area (Å²) in [7, 11) is 0. The molecular formula is C71H44O14. The maximum atomic E-state index is 11.7. The van der Waals surface area contributed by atoms with Crippen molar-refractivity contribution in [1.82, 2.24) is 0 Å². The van der Waals surface area contributed by atoms with E-state index in [0.29, 0.717) is 36.7 Å². The summed E-state index contributed by atoms with van der Waals surface area (Å²) >= 11 is 0. The van der Waals surface area contributed by atoms with E-state index in [2.05, 4.69) is 36.4 Å². The van der Waals surface area contributed by atoms with Crippen molar-refractivity contribution in [1.29, 1.82) is 0 Å². The van der Waals surface area contributed by atoms with Crippen LogP contribution in [0.25, 0.3) is 110 Å². The highest BCUT2D eigenvalue weighted by molar-refractivity contribution is 6.32. The van der Waals surface area contributed by atoms with Crippen LogP contribution in [0.4, 0.5) is 0 Å². The van der Waals surface area contributed by atoms with E-state index in [9.17, 15) is 54.0 Å². The molecule has 0 radical (unpaired) electrons. The van der Waals surface area contributed by atoms with Gasteiger partial charge in [0, 0.05) is 0 Å². The van der Waals surface area contributed by atoms with Gasteiger partial charge < -0.3 is 34.6 Å². The molecule has 0 aliphatic heterocycles. The molecule has 0 heterocycles. The van der Waals surface area contributed by atoms with Crippen LogP contribution in [0.2, 0.25) is 0 Å². The van der Waals surface area contributed by atoms with Crippen molar-refractivity contribution in [2.24, 2.45) is 0 Å². The Morgan fingerprint density at radius 2 is 0.447 bits per heavy atom. The SMILES string of the molecule is O=COc1ccc(-c2cc(-c3ccc(C(=O)O)cc3)c3ccc4c(-c5ccc(C(=O)O)cc5)cc(-c5ccc(OC=O)cc5)c5ccc2c3c54)cc1.O=COc1ccc(-c2cc(-c3ccc(C(=O)O)cc3)cc(-c3ccc(C(=O)O)cc3)c2)cc1. The predicted octanol–water partition coefficient (Wildman–Crippen LogP) is 15.3. The topological polar surface area (TPSA) is 228 Å². The van der Waals surface area contributed by atoms with Crippen LogP contribution < -0.4 is 14.2 Å². The fourth-order valence-corrected chi connectivity index (χ4v) is 10.6. The molecule has 12 aromatic rings. The molecule has 12 rings (SSSR count). The Labute approximate surface area is 483 Å². The third-order valence-corrected chi connectivity index (χ3v) is 14.7. The van der Waals surface area contributed by atoms with Crippen LogP contribution in [-0.2, 0) is 14.4 Å². The Bertz CT molecular complexity index is 4290. The number of carbonyl (C=O) groups is 7. The Kier molecular flexibility index (Phi) is 15.2. The average molecular weight is 1120 g/mol. The van der Waals surface area contributed by atoms with Crippen molar-refractivity contribution in [2.45, 2.75) is 0 Å². The van der Waals surface area contributed by atoms with Crippen LogP contribution in [-0.4, -0.2) is 63.7 Å². The second-order valence-electron chi connectivity index (χ2n) is 19.6. The molecule has 0 saturated heterocycles. The molecule has 0 amide bonds. The van der Waals surface area contributed by atoms with Crippen molar-refractivity contribution in [3.63, 3.8) is 0 Å². The van der Waals surface area contributed by atoms with E-state index >= 15 is 0 Å². The molecule has 12 aromatic carbocycles. The molecule has 85 heavy (non-hydrogen) atoms. The van der Waals surface area contributed by atoms with Gasteiger partial charge in [-0.2, -0.15) is 0 Å². The molecule has 0 aliphatic carbocycles. The highest BCUT2D eigenvalue weighted by Gasteiger charge is 2.22. The normalized spacial score (nSPS) is 10.9. The Balaban J connectivity index is 0.000000196. The molecule has 0 fully saturated rings. The van der Waals surface area contributed by atoms with Gasteiger partial charge >= 0.3 is 23.9 Å². The number of benzene rings is 12. The van der Waals surface area contributed by atoms with Gasteiger partial charge in [0.25, 0.3) is 19.4 Å². The number of rotatable bonds is 17. The highest BCUT2D eigenvalue weighted by Crippen LogP contribution is 2.49. The molecule has 0 unspecified atom stereocenters. The molecule has 0 aromatic heterocycles. The minimum atomic E-state index is -1.01. The second kappa shape index (κ2) is 23.6. The highest BCUT2D eigenvalue weighted by atomic mass is 16.5. The zero-order valence-corrected chi connectivity index (χ0v) is 44.5. The summed E-state index contributed by atoms with van der Waals surface area (Å²) in [4.78, 5) is 78.4. The van der Waals surface area contributed by atoms with E-state index in [1.165, 1.54) is 0 Å². The lowest BCUT2D eigenvalue weighted by atomic mass is 9.82. The van der Waals surface area contributed by atoms with Gasteiger partial charge in [-0.1, -0.05) is 109 Å². The number of aromatic carboxylic acids is 4. The first-order chi connectivity index (χ1) is 41.3. The summed E-state index contributed by atoms with van der Waals surface area (Å²) in [6.45, 7) is 1.14. The van der Waals surface area contributed by atoms with Crippen LogP contribution in [0.15, 0.2) is 224 Å². The summed E-state index contributed by atoms with van der Waals surface area (Å²) in [5.74, 6) is -2.76. The van der Waals surface area contributed by atoms with Crippen LogP contribution in [0.1, 0.15) is 41.4 Å². The van der Waals surface area contributed by atoms with Crippen molar-refractivity contribution in [3.8, 4) is 95.1 Å². The number of carboxylic acid groups (broad SMARTS) is 4. The summed E-state index contributed by atoms with van der Waals surface area (Å²) in [5, 5.41) is 43.4. The zero-order valence-electron chi connectivity index (χ0n) is 44.5. The third-order valence-electron chi connectivity index (χ3n) is 14.7. The number of carbonyl (C=O) groups excluding carboxylic acids is 3. The largest absolute Gasteiger partial charge is 0.478 e. The van der Waals surface area contributed by atoms with E-state index in [4.69, 9.17) is 14.2 Å². The van der Waals surface area contributed by atoms with Crippen LogP contribution in [0, 0.1) is 0 Å². The maximum Gasteiger partial charge on any atom is 0.335 e. The second-order valence-corrected chi connectivity index (χ2v) is 19.6. The van der Waals surface area contributed by atoms with Crippen LogP contribution >= 0.6 is 0 Å². The summed E-state index contributed by atoms with van der Waals surface area (Å²) < 4.78 is 15.0. The number of hydrogen-bond acceptors (Lipinski definition) is 10. The fraction of sp³-hybridized carbons (Fsp3) is 0. The molecule has 0 aliphatic rings. The van der Waals surface area contributed by atoms with Crippen LogP contribution in [0.3, 0.4) is 0 Å². The minimum absolute atomic E-state index is 0.181. The number of carboxylic acids is 4. The lowest BCUT2D eigenvalue weighted by Gasteiger charge is -2.21. The zero-order chi connectivity index (χ0) is 59.3. The molecular weight excluding hydrogens is 1080 g/mol. The molecule has 0 bridgehead atoms. The first kappa shape index (κ1) is 54.9. The molecule has 0 spiro atoms. The molecule has 0 saturated carbocycles. The van der Waals surface area contributed by atoms with Gasteiger partial charge in [-0.25, -0.2) is 19.2 Å². The van der Waals surface area contributed by atoms with E-state index < -0.39 is 23.9 Å². The van der Waals surface area contributed by atoms with Crippen LogP contribution in [0.5, 0.6) is 17.2 Å². The first-order valence-corrected chi connectivity index (χ1v) is 26.2. The maximum absolute atomic E-state index is 11.7. The van der Waals surface area contributed by atoms with Gasteiger partial charge in [-0.05, 0) is 225 Å².